The third kappa shape index (κ3) is 2.39. The van der Waals surface area contributed by atoms with Crippen LogP contribution in [-0.4, -0.2) is 22.8 Å². The molecule has 0 unspecified atom stereocenters. The van der Waals surface area contributed by atoms with Crippen molar-refractivity contribution < 1.29 is 14.6 Å². The summed E-state index contributed by atoms with van der Waals surface area (Å²) in [5.41, 5.74) is 2.09. The summed E-state index contributed by atoms with van der Waals surface area (Å²) in [6, 6.07) is 5.53. The largest absolute Gasteiger partial charge is 0.495 e. The summed E-state index contributed by atoms with van der Waals surface area (Å²) < 4.78 is 6.83. The molecule has 2 aromatic rings. The van der Waals surface area contributed by atoms with E-state index in [0.717, 1.165) is 16.5 Å². The molecule has 5 heteroatoms. The Morgan fingerprint density at radius 1 is 1.40 bits per heavy atom. The van der Waals surface area contributed by atoms with Crippen LogP contribution < -0.4 is 10.3 Å². The molecular weight excluding hydrogens is 258 g/mol. The molecule has 5 nitrogen and oxygen atoms in total. The number of ether oxygens (including phenoxy) is 1. The highest BCUT2D eigenvalue weighted by molar-refractivity contribution is 5.88. The number of aliphatic carboxylic acids is 1. The SMILES string of the molecule is COc1ccc(C)c2cc(CCC(=O)O)c(=O)n(C)c12. The number of hydrogen-bond donors (Lipinski definition) is 1. The summed E-state index contributed by atoms with van der Waals surface area (Å²) >= 11 is 0. The standard InChI is InChI=1S/C15H17NO4/c1-9-4-6-12(20-3)14-11(9)8-10(5-7-13(17)18)15(19)16(14)2/h4,6,8H,5,7H2,1-3H3,(H,17,18). The Balaban J connectivity index is 2.71. The normalized spacial score (nSPS) is 10.8. The number of methoxy groups -OCH3 is 1. The predicted molar refractivity (Wildman–Crippen MR) is 76.4 cm³/mol. The number of hydrogen-bond acceptors (Lipinski definition) is 3. The molecule has 1 aromatic carbocycles. The molecule has 0 atom stereocenters. The third-order valence-electron chi connectivity index (χ3n) is 3.46. The highest BCUT2D eigenvalue weighted by Gasteiger charge is 2.13. The second kappa shape index (κ2) is 5.36. The zero-order chi connectivity index (χ0) is 14.9. The van der Waals surface area contributed by atoms with Gasteiger partial charge in [-0.15, -0.1) is 0 Å². The van der Waals surface area contributed by atoms with Gasteiger partial charge < -0.3 is 14.4 Å². The van der Waals surface area contributed by atoms with Gasteiger partial charge in [-0.3, -0.25) is 9.59 Å². The smallest absolute Gasteiger partial charge is 0.303 e. The Bertz CT molecular complexity index is 731. The summed E-state index contributed by atoms with van der Waals surface area (Å²) in [7, 11) is 3.24. The van der Waals surface area contributed by atoms with Crippen LogP contribution in [-0.2, 0) is 18.3 Å². The number of aryl methyl sites for hydroxylation is 3. The maximum atomic E-state index is 12.3. The highest BCUT2D eigenvalue weighted by Crippen LogP contribution is 2.27. The van der Waals surface area contributed by atoms with Crippen molar-refractivity contribution in [3.8, 4) is 5.75 Å². The lowest BCUT2D eigenvalue weighted by atomic mass is 10.0. The first-order chi connectivity index (χ1) is 9.45. The maximum Gasteiger partial charge on any atom is 0.303 e. The molecule has 1 heterocycles. The molecule has 0 fully saturated rings. The minimum Gasteiger partial charge on any atom is -0.495 e. The molecule has 1 aromatic heterocycles. The molecule has 0 saturated heterocycles. The van der Waals surface area contributed by atoms with Crippen molar-refractivity contribution in [3.05, 3.63) is 39.7 Å². The average Bonchev–Trinajstić information content (AvgIpc) is 2.42. The zero-order valence-electron chi connectivity index (χ0n) is 11.8. The molecule has 0 spiro atoms. The van der Waals surface area contributed by atoms with E-state index in [1.165, 1.54) is 4.57 Å². The predicted octanol–water partition coefficient (Wildman–Crippen LogP) is 1.87. The highest BCUT2D eigenvalue weighted by atomic mass is 16.5. The number of benzene rings is 1. The van der Waals surface area contributed by atoms with Gasteiger partial charge in [0.25, 0.3) is 5.56 Å². The van der Waals surface area contributed by atoms with Crippen LogP contribution >= 0.6 is 0 Å². The Kier molecular flexibility index (Phi) is 3.79. The van der Waals surface area contributed by atoms with Crippen molar-refractivity contribution in [1.29, 1.82) is 0 Å². The van der Waals surface area contributed by atoms with E-state index in [1.54, 1.807) is 20.2 Å². The second-order valence-corrected chi connectivity index (χ2v) is 4.77. The van der Waals surface area contributed by atoms with E-state index in [-0.39, 0.29) is 18.4 Å². The zero-order valence-corrected chi connectivity index (χ0v) is 11.8. The lowest BCUT2D eigenvalue weighted by Crippen LogP contribution is -2.22. The molecular formula is C15H17NO4. The van der Waals surface area contributed by atoms with Gasteiger partial charge in [0.2, 0.25) is 0 Å². The third-order valence-corrected chi connectivity index (χ3v) is 3.46. The van der Waals surface area contributed by atoms with Crippen LogP contribution in [0.3, 0.4) is 0 Å². The average molecular weight is 275 g/mol. The molecule has 0 bridgehead atoms. The van der Waals surface area contributed by atoms with Gasteiger partial charge in [0, 0.05) is 24.4 Å². The van der Waals surface area contributed by atoms with E-state index in [2.05, 4.69) is 0 Å². The topological polar surface area (TPSA) is 68.5 Å². The van der Waals surface area contributed by atoms with Gasteiger partial charge in [-0.2, -0.15) is 0 Å². The molecule has 0 aliphatic heterocycles. The number of aromatic nitrogens is 1. The first kappa shape index (κ1) is 14.1. The molecule has 0 saturated carbocycles. The number of carbonyl (C=O) groups is 1. The summed E-state index contributed by atoms with van der Waals surface area (Å²) in [4.78, 5) is 23.0. The fourth-order valence-corrected chi connectivity index (χ4v) is 2.36. The Labute approximate surface area is 116 Å². The van der Waals surface area contributed by atoms with Crippen molar-refractivity contribution in [2.24, 2.45) is 7.05 Å². The number of pyridine rings is 1. The summed E-state index contributed by atoms with van der Waals surface area (Å²) in [6.07, 6.45) is 0.179. The van der Waals surface area contributed by atoms with Crippen LogP contribution in [0.15, 0.2) is 23.0 Å². The summed E-state index contributed by atoms with van der Waals surface area (Å²) in [6.45, 7) is 1.95. The van der Waals surface area contributed by atoms with Gasteiger partial charge in [0.1, 0.15) is 5.75 Å². The number of carboxylic acids is 1. The molecule has 0 aliphatic carbocycles. The minimum absolute atomic E-state index is 0.0518. The monoisotopic (exact) mass is 275 g/mol. The molecule has 0 radical (unpaired) electrons. The molecule has 0 amide bonds. The van der Waals surface area contributed by atoms with E-state index in [0.29, 0.717) is 11.3 Å². The molecule has 2 rings (SSSR count). The number of nitrogens with zero attached hydrogens (tertiary/aromatic N) is 1. The van der Waals surface area contributed by atoms with E-state index in [1.807, 2.05) is 19.1 Å². The van der Waals surface area contributed by atoms with E-state index in [4.69, 9.17) is 9.84 Å². The van der Waals surface area contributed by atoms with Crippen molar-refractivity contribution in [2.45, 2.75) is 19.8 Å². The van der Waals surface area contributed by atoms with E-state index in [9.17, 15) is 9.59 Å². The van der Waals surface area contributed by atoms with Crippen LogP contribution in [0.25, 0.3) is 10.9 Å². The first-order valence-electron chi connectivity index (χ1n) is 6.33. The van der Waals surface area contributed by atoms with Gasteiger partial charge in [-0.05, 0) is 31.0 Å². The Hall–Kier alpha value is -2.30. The Morgan fingerprint density at radius 2 is 2.10 bits per heavy atom. The lowest BCUT2D eigenvalue weighted by Gasteiger charge is -2.13. The first-order valence-corrected chi connectivity index (χ1v) is 6.33. The number of fused-ring (bicyclic) bond motifs is 1. The minimum atomic E-state index is -0.908. The second-order valence-electron chi connectivity index (χ2n) is 4.77. The van der Waals surface area contributed by atoms with Crippen molar-refractivity contribution in [1.82, 2.24) is 4.57 Å². The Morgan fingerprint density at radius 3 is 2.70 bits per heavy atom. The molecule has 0 aliphatic rings. The quantitative estimate of drug-likeness (QED) is 0.925. The number of rotatable bonds is 4. The van der Waals surface area contributed by atoms with Crippen LogP contribution in [0.1, 0.15) is 17.5 Å². The fourth-order valence-electron chi connectivity index (χ4n) is 2.36. The lowest BCUT2D eigenvalue weighted by molar-refractivity contribution is -0.136. The van der Waals surface area contributed by atoms with Crippen LogP contribution in [0.5, 0.6) is 5.75 Å². The van der Waals surface area contributed by atoms with E-state index >= 15 is 0 Å². The van der Waals surface area contributed by atoms with Crippen molar-refractivity contribution in [3.63, 3.8) is 0 Å². The molecule has 1 N–H and O–H groups in total. The van der Waals surface area contributed by atoms with Gasteiger partial charge in [0.15, 0.2) is 0 Å². The fraction of sp³-hybridized carbons (Fsp3) is 0.333. The maximum absolute atomic E-state index is 12.3. The van der Waals surface area contributed by atoms with Crippen LogP contribution in [0.4, 0.5) is 0 Å². The van der Waals surface area contributed by atoms with Crippen molar-refractivity contribution >= 4 is 16.9 Å². The van der Waals surface area contributed by atoms with Gasteiger partial charge in [-0.25, -0.2) is 0 Å². The molecule has 20 heavy (non-hydrogen) atoms. The van der Waals surface area contributed by atoms with Gasteiger partial charge in [-0.1, -0.05) is 6.07 Å². The van der Waals surface area contributed by atoms with Gasteiger partial charge >= 0.3 is 5.97 Å². The summed E-state index contributed by atoms with van der Waals surface area (Å²) in [5, 5.41) is 9.67. The van der Waals surface area contributed by atoms with Gasteiger partial charge in [0.05, 0.1) is 12.6 Å². The van der Waals surface area contributed by atoms with E-state index < -0.39 is 5.97 Å². The van der Waals surface area contributed by atoms with Crippen molar-refractivity contribution in [2.75, 3.05) is 7.11 Å². The number of carboxylic acid groups (broad SMARTS) is 1. The summed E-state index contributed by atoms with van der Waals surface area (Å²) in [5.74, 6) is -0.274. The van der Waals surface area contributed by atoms with Crippen LogP contribution in [0.2, 0.25) is 0 Å². The van der Waals surface area contributed by atoms with Crippen LogP contribution in [0, 0.1) is 6.92 Å². The molecule has 106 valence electrons.